The number of hydrogen-bond acceptors (Lipinski definition) is 5. The second-order valence-electron chi connectivity index (χ2n) is 5.83. The number of rotatable bonds is 10. The van der Waals surface area contributed by atoms with E-state index in [0.29, 0.717) is 0 Å². The lowest BCUT2D eigenvalue weighted by molar-refractivity contribution is 0.474. The monoisotopic (exact) mass is 414 g/mol. The molecule has 2 rings (SSSR count). The van der Waals surface area contributed by atoms with Gasteiger partial charge in [-0.05, 0) is 30.6 Å². The maximum Gasteiger partial charge on any atom is 0.194 e. The molecule has 0 saturated heterocycles. The van der Waals surface area contributed by atoms with Gasteiger partial charge in [-0.25, -0.2) is 0 Å². The van der Waals surface area contributed by atoms with Crippen LogP contribution in [0, 0.1) is 0 Å². The zero-order valence-electron chi connectivity index (χ0n) is 15.6. The fraction of sp³-hybridized carbons (Fsp3) is 0.588. The third-order valence-corrected chi connectivity index (χ3v) is 5.71. The fourth-order valence-electron chi connectivity index (χ4n) is 2.48. The van der Waals surface area contributed by atoms with Crippen LogP contribution in [0.15, 0.2) is 23.5 Å². The number of thioether (sulfide) groups is 1. The molecule has 0 atom stereocenters. The van der Waals surface area contributed by atoms with Gasteiger partial charge in [0.1, 0.15) is 12.2 Å². The summed E-state index contributed by atoms with van der Waals surface area (Å²) in [4.78, 5) is 8.15. The number of aliphatic imine (C=N–C) groups is 1. The molecule has 2 heterocycles. The Kier molecular flexibility index (Phi) is 9.28. The SMILES string of the molecule is CCc1nncn1CCNC(=NCCCSC)N(C)Cc1ccc(Cl)s1. The first-order chi connectivity index (χ1) is 12.6. The highest BCUT2D eigenvalue weighted by molar-refractivity contribution is 7.98. The van der Waals surface area contributed by atoms with Crippen molar-refractivity contribution in [3.8, 4) is 0 Å². The van der Waals surface area contributed by atoms with Crippen LogP contribution in [-0.2, 0) is 19.5 Å². The van der Waals surface area contributed by atoms with Crippen molar-refractivity contribution in [1.29, 1.82) is 0 Å². The minimum atomic E-state index is 0.780. The van der Waals surface area contributed by atoms with Crippen molar-refractivity contribution in [2.75, 3.05) is 32.1 Å². The average Bonchev–Trinajstić information content (AvgIpc) is 3.25. The lowest BCUT2D eigenvalue weighted by Gasteiger charge is -2.22. The number of halogens is 1. The van der Waals surface area contributed by atoms with Crippen molar-refractivity contribution in [2.45, 2.75) is 32.9 Å². The molecule has 144 valence electrons. The summed E-state index contributed by atoms with van der Waals surface area (Å²) in [5, 5.41) is 11.6. The van der Waals surface area contributed by atoms with E-state index >= 15 is 0 Å². The molecule has 9 heteroatoms. The molecule has 1 N–H and O–H groups in total. The lowest BCUT2D eigenvalue weighted by atomic mass is 10.4. The summed E-state index contributed by atoms with van der Waals surface area (Å²) in [6, 6.07) is 4.01. The molecule has 2 aromatic rings. The van der Waals surface area contributed by atoms with Crippen LogP contribution in [-0.4, -0.2) is 57.8 Å². The van der Waals surface area contributed by atoms with Gasteiger partial charge in [0.2, 0.25) is 0 Å². The number of guanidine groups is 1. The maximum absolute atomic E-state index is 6.05. The highest BCUT2D eigenvalue weighted by atomic mass is 35.5. The minimum absolute atomic E-state index is 0.780. The highest BCUT2D eigenvalue weighted by Crippen LogP contribution is 2.22. The van der Waals surface area contributed by atoms with Crippen LogP contribution >= 0.6 is 34.7 Å². The van der Waals surface area contributed by atoms with Gasteiger partial charge in [-0.15, -0.1) is 21.5 Å². The molecule has 0 amide bonds. The van der Waals surface area contributed by atoms with E-state index in [2.05, 4.69) is 51.3 Å². The van der Waals surface area contributed by atoms with Gasteiger partial charge in [0.05, 0.1) is 10.9 Å². The van der Waals surface area contributed by atoms with E-state index in [1.807, 2.05) is 17.8 Å². The standard InChI is InChI=1S/C17H27ClN6S2/c1-4-16-22-21-13-24(16)10-9-20-17(19-8-5-11-25-3)23(2)12-14-6-7-15(18)26-14/h6-7,13H,4-5,8-12H2,1-3H3,(H,19,20). The van der Waals surface area contributed by atoms with E-state index in [-0.39, 0.29) is 0 Å². The van der Waals surface area contributed by atoms with Crippen molar-refractivity contribution >= 4 is 40.7 Å². The van der Waals surface area contributed by atoms with E-state index in [4.69, 9.17) is 16.6 Å². The molecule has 0 radical (unpaired) electrons. The summed E-state index contributed by atoms with van der Waals surface area (Å²) < 4.78 is 2.90. The molecule has 0 bridgehead atoms. The lowest BCUT2D eigenvalue weighted by Crippen LogP contribution is -2.40. The molecule has 0 aliphatic rings. The van der Waals surface area contributed by atoms with Crippen LogP contribution in [0.3, 0.4) is 0 Å². The summed E-state index contributed by atoms with van der Waals surface area (Å²) >= 11 is 9.51. The quantitative estimate of drug-likeness (QED) is 0.367. The number of thiophene rings is 1. The Morgan fingerprint density at radius 3 is 3.00 bits per heavy atom. The summed E-state index contributed by atoms with van der Waals surface area (Å²) in [5.74, 6) is 3.05. The van der Waals surface area contributed by atoms with Crippen molar-refractivity contribution in [3.63, 3.8) is 0 Å². The Morgan fingerprint density at radius 1 is 1.46 bits per heavy atom. The molecule has 0 spiro atoms. The average molecular weight is 415 g/mol. The Morgan fingerprint density at radius 2 is 2.31 bits per heavy atom. The molecule has 0 aromatic carbocycles. The van der Waals surface area contributed by atoms with E-state index in [0.717, 1.165) is 60.9 Å². The highest BCUT2D eigenvalue weighted by Gasteiger charge is 2.09. The molecule has 6 nitrogen and oxygen atoms in total. The van der Waals surface area contributed by atoms with Crippen LogP contribution < -0.4 is 5.32 Å². The Bertz CT molecular complexity index is 684. The normalized spacial score (nSPS) is 11.8. The number of nitrogens with one attached hydrogen (secondary N) is 1. The first-order valence-electron chi connectivity index (χ1n) is 8.73. The van der Waals surface area contributed by atoms with Crippen LogP contribution in [0.1, 0.15) is 24.0 Å². The second kappa shape index (κ2) is 11.5. The van der Waals surface area contributed by atoms with Gasteiger partial charge in [-0.3, -0.25) is 4.99 Å². The molecule has 0 saturated carbocycles. The third kappa shape index (κ3) is 6.81. The Labute approximate surface area is 169 Å². The van der Waals surface area contributed by atoms with Gasteiger partial charge in [-0.2, -0.15) is 11.8 Å². The molecule has 26 heavy (non-hydrogen) atoms. The van der Waals surface area contributed by atoms with Crippen LogP contribution in [0.25, 0.3) is 0 Å². The Hall–Kier alpha value is -1.25. The molecule has 2 aromatic heterocycles. The van der Waals surface area contributed by atoms with Crippen LogP contribution in [0.4, 0.5) is 0 Å². The van der Waals surface area contributed by atoms with Gasteiger partial charge in [0, 0.05) is 38.0 Å². The minimum Gasteiger partial charge on any atom is -0.354 e. The van der Waals surface area contributed by atoms with E-state index in [1.54, 1.807) is 17.7 Å². The number of aromatic nitrogens is 3. The largest absolute Gasteiger partial charge is 0.354 e. The number of aryl methyl sites for hydroxylation is 1. The molecule has 0 aliphatic heterocycles. The van der Waals surface area contributed by atoms with Gasteiger partial charge in [0.15, 0.2) is 5.96 Å². The number of hydrogen-bond donors (Lipinski definition) is 1. The van der Waals surface area contributed by atoms with Crippen LogP contribution in [0.5, 0.6) is 0 Å². The fourth-order valence-corrected chi connectivity index (χ4v) is 4.04. The smallest absolute Gasteiger partial charge is 0.194 e. The summed E-state index contributed by atoms with van der Waals surface area (Å²) in [6.07, 6.45) is 5.87. The first kappa shape index (κ1) is 21.1. The third-order valence-electron chi connectivity index (χ3n) is 3.80. The van der Waals surface area contributed by atoms with Gasteiger partial charge in [0.25, 0.3) is 0 Å². The van der Waals surface area contributed by atoms with Crippen molar-refractivity contribution in [1.82, 2.24) is 25.0 Å². The molecule has 0 fully saturated rings. The van der Waals surface area contributed by atoms with Crippen molar-refractivity contribution in [3.05, 3.63) is 33.5 Å². The topological polar surface area (TPSA) is 58.3 Å². The van der Waals surface area contributed by atoms with Crippen LogP contribution in [0.2, 0.25) is 4.34 Å². The predicted molar refractivity (Wildman–Crippen MR) is 113 cm³/mol. The van der Waals surface area contributed by atoms with E-state index in [9.17, 15) is 0 Å². The summed E-state index contributed by atoms with van der Waals surface area (Å²) in [6.45, 7) is 5.30. The zero-order chi connectivity index (χ0) is 18.8. The zero-order valence-corrected chi connectivity index (χ0v) is 18.0. The molecule has 0 unspecified atom stereocenters. The molecular weight excluding hydrogens is 388 g/mol. The summed E-state index contributed by atoms with van der Waals surface area (Å²) in [5.41, 5.74) is 0. The van der Waals surface area contributed by atoms with E-state index in [1.165, 1.54) is 4.88 Å². The van der Waals surface area contributed by atoms with Crippen molar-refractivity contribution < 1.29 is 0 Å². The van der Waals surface area contributed by atoms with Gasteiger partial charge in [-0.1, -0.05) is 18.5 Å². The Balaban J connectivity index is 1.93. The first-order valence-corrected chi connectivity index (χ1v) is 11.3. The predicted octanol–water partition coefficient (Wildman–Crippen LogP) is 3.39. The summed E-state index contributed by atoms with van der Waals surface area (Å²) in [7, 11) is 2.06. The maximum atomic E-state index is 6.05. The van der Waals surface area contributed by atoms with E-state index < -0.39 is 0 Å². The molecule has 0 aliphatic carbocycles. The molecular formula is C17H27ClN6S2. The van der Waals surface area contributed by atoms with Gasteiger partial charge < -0.3 is 14.8 Å². The second-order valence-corrected chi connectivity index (χ2v) is 8.62. The number of nitrogens with zero attached hydrogens (tertiary/aromatic N) is 5. The van der Waals surface area contributed by atoms with Crippen molar-refractivity contribution in [2.24, 2.45) is 4.99 Å². The van der Waals surface area contributed by atoms with Gasteiger partial charge >= 0.3 is 0 Å².